The third kappa shape index (κ3) is 3.43. The smallest absolute Gasteiger partial charge is 0.328 e. The number of aliphatic carboxylic acids is 1. The van der Waals surface area contributed by atoms with Crippen LogP contribution in [0.3, 0.4) is 0 Å². The first-order valence-corrected chi connectivity index (χ1v) is 4.65. The molecule has 0 aliphatic rings. The summed E-state index contributed by atoms with van der Waals surface area (Å²) < 4.78 is 1.96. The number of carbonyl (C=O) groups is 1. The van der Waals surface area contributed by atoms with Crippen LogP contribution in [0.4, 0.5) is 0 Å². The van der Waals surface area contributed by atoms with Crippen LogP contribution in [0.5, 0.6) is 0 Å². The van der Waals surface area contributed by atoms with Crippen molar-refractivity contribution in [3.63, 3.8) is 0 Å². The molecule has 0 atom stereocenters. The molecule has 0 aliphatic heterocycles. The monoisotopic (exact) mass is 194 g/mol. The van der Waals surface area contributed by atoms with Crippen molar-refractivity contribution < 1.29 is 9.90 Å². The van der Waals surface area contributed by atoms with Gasteiger partial charge in [-0.25, -0.2) is 9.78 Å². The van der Waals surface area contributed by atoms with Crippen LogP contribution in [0, 0.1) is 0 Å². The van der Waals surface area contributed by atoms with Gasteiger partial charge in [-0.3, -0.25) is 0 Å². The fraction of sp³-hybridized carbons (Fsp3) is 0.400. The maximum absolute atomic E-state index is 10.2. The van der Waals surface area contributed by atoms with Crippen LogP contribution in [0.2, 0.25) is 0 Å². The lowest BCUT2D eigenvalue weighted by atomic mass is 10.3. The maximum Gasteiger partial charge on any atom is 0.328 e. The highest BCUT2D eigenvalue weighted by Gasteiger charge is 1.95. The number of rotatable bonds is 5. The summed E-state index contributed by atoms with van der Waals surface area (Å²) in [6.45, 7) is 3.06. The molecular weight excluding hydrogens is 180 g/mol. The van der Waals surface area contributed by atoms with Gasteiger partial charge in [0.1, 0.15) is 0 Å². The maximum atomic E-state index is 10.2. The van der Waals surface area contributed by atoms with Crippen LogP contribution in [0.25, 0.3) is 6.08 Å². The lowest BCUT2D eigenvalue weighted by Gasteiger charge is -1.96. The van der Waals surface area contributed by atoms with E-state index in [1.807, 2.05) is 10.8 Å². The summed E-state index contributed by atoms with van der Waals surface area (Å²) in [4.78, 5) is 14.3. The van der Waals surface area contributed by atoms with Gasteiger partial charge in [0.05, 0.1) is 12.0 Å². The Kier molecular flexibility index (Phi) is 3.91. The zero-order chi connectivity index (χ0) is 10.4. The first-order chi connectivity index (χ1) is 6.72. The van der Waals surface area contributed by atoms with E-state index in [0.717, 1.165) is 25.5 Å². The molecule has 14 heavy (non-hydrogen) atoms. The van der Waals surface area contributed by atoms with Crippen molar-refractivity contribution in [3.05, 3.63) is 24.3 Å². The van der Waals surface area contributed by atoms with Gasteiger partial charge in [-0.15, -0.1) is 0 Å². The Hall–Kier alpha value is -1.58. The molecule has 0 saturated heterocycles. The molecule has 76 valence electrons. The minimum atomic E-state index is -0.951. The third-order valence-corrected chi connectivity index (χ3v) is 1.82. The normalized spacial score (nSPS) is 10.9. The highest BCUT2D eigenvalue weighted by molar-refractivity contribution is 5.84. The van der Waals surface area contributed by atoms with Gasteiger partial charge in [0.15, 0.2) is 0 Å². The Morgan fingerprint density at radius 1 is 1.71 bits per heavy atom. The second-order valence-electron chi connectivity index (χ2n) is 3.06. The van der Waals surface area contributed by atoms with E-state index in [1.54, 1.807) is 6.33 Å². The SMILES string of the molecule is CCCCn1cnc(/C=C\C(=O)O)c1. The Bertz CT molecular complexity index is 329. The molecule has 0 spiro atoms. The quantitative estimate of drug-likeness (QED) is 0.727. The van der Waals surface area contributed by atoms with Gasteiger partial charge in [-0.2, -0.15) is 0 Å². The van der Waals surface area contributed by atoms with Gasteiger partial charge >= 0.3 is 5.97 Å². The van der Waals surface area contributed by atoms with E-state index in [1.165, 1.54) is 6.08 Å². The van der Waals surface area contributed by atoms with Gasteiger partial charge < -0.3 is 9.67 Å². The van der Waals surface area contributed by atoms with E-state index >= 15 is 0 Å². The summed E-state index contributed by atoms with van der Waals surface area (Å²) in [5.74, 6) is -0.951. The third-order valence-electron chi connectivity index (χ3n) is 1.82. The van der Waals surface area contributed by atoms with E-state index in [0.29, 0.717) is 5.69 Å². The highest BCUT2D eigenvalue weighted by Crippen LogP contribution is 2.01. The Morgan fingerprint density at radius 3 is 3.14 bits per heavy atom. The molecule has 0 bridgehead atoms. The number of nitrogens with zero attached hydrogens (tertiary/aromatic N) is 2. The van der Waals surface area contributed by atoms with Gasteiger partial charge in [-0.05, 0) is 12.5 Å². The van der Waals surface area contributed by atoms with Crippen LogP contribution >= 0.6 is 0 Å². The fourth-order valence-corrected chi connectivity index (χ4v) is 1.08. The number of unbranched alkanes of at least 4 members (excludes halogenated alkanes) is 1. The average molecular weight is 194 g/mol. The van der Waals surface area contributed by atoms with E-state index in [2.05, 4.69) is 11.9 Å². The van der Waals surface area contributed by atoms with Crippen LogP contribution < -0.4 is 0 Å². The van der Waals surface area contributed by atoms with Crippen LogP contribution in [0.15, 0.2) is 18.6 Å². The number of imidazole rings is 1. The zero-order valence-corrected chi connectivity index (χ0v) is 8.18. The second-order valence-corrected chi connectivity index (χ2v) is 3.06. The summed E-state index contributed by atoms with van der Waals surface area (Å²) in [6, 6.07) is 0. The zero-order valence-electron chi connectivity index (χ0n) is 8.18. The van der Waals surface area contributed by atoms with E-state index in [9.17, 15) is 4.79 Å². The van der Waals surface area contributed by atoms with Crippen LogP contribution in [-0.2, 0) is 11.3 Å². The molecule has 4 heteroatoms. The van der Waals surface area contributed by atoms with E-state index in [-0.39, 0.29) is 0 Å². The number of hydrogen-bond donors (Lipinski definition) is 1. The van der Waals surface area contributed by atoms with Gasteiger partial charge in [0.25, 0.3) is 0 Å². The Balaban J connectivity index is 2.54. The molecular formula is C10H14N2O2. The number of carboxylic acids is 1. The molecule has 0 aromatic carbocycles. The second kappa shape index (κ2) is 5.21. The molecule has 1 N–H and O–H groups in total. The molecule has 4 nitrogen and oxygen atoms in total. The first-order valence-electron chi connectivity index (χ1n) is 4.65. The Morgan fingerprint density at radius 2 is 2.50 bits per heavy atom. The van der Waals surface area contributed by atoms with Crippen molar-refractivity contribution in [3.8, 4) is 0 Å². The molecule has 0 saturated carbocycles. The molecule has 1 aromatic rings. The van der Waals surface area contributed by atoms with Gasteiger partial charge in [0.2, 0.25) is 0 Å². The average Bonchev–Trinajstić information content (AvgIpc) is 2.59. The summed E-state index contributed by atoms with van der Waals surface area (Å²) in [7, 11) is 0. The minimum absolute atomic E-state index is 0.684. The van der Waals surface area contributed by atoms with Crippen LogP contribution in [-0.4, -0.2) is 20.6 Å². The molecule has 0 unspecified atom stereocenters. The van der Waals surface area contributed by atoms with Crippen molar-refractivity contribution in [2.24, 2.45) is 0 Å². The predicted octanol–water partition coefficient (Wildman–Crippen LogP) is 1.78. The molecule has 0 amide bonds. The highest BCUT2D eigenvalue weighted by atomic mass is 16.4. The Labute approximate surface area is 82.9 Å². The first kappa shape index (κ1) is 10.5. The fourth-order valence-electron chi connectivity index (χ4n) is 1.08. The van der Waals surface area contributed by atoms with Gasteiger partial charge in [0, 0.05) is 18.8 Å². The lowest BCUT2D eigenvalue weighted by Crippen LogP contribution is -1.92. The number of aromatic nitrogens is 2. The van der Waals surface area contributed by atoms with Crippen molar-refractivity contribution in [1.82, 2.24) is 9.55 Å². The number of carboxylic acid groups (broad SMARTS) is 1. The van der Waals surface area contributed by atoms with Gasteiger partial charge in [-0.1, -0.05) is 13.3 Å². The van der Waals surface area contributed by atoms with Crippen molar-refractivity contribution in [1.29, 1.82) is 0 Å². The standard InChI is InChI=1S/C10H14N2O2/c1-2-3-6-12-7-9(11-8-12)4-5-10(13)14/h4-5,7-8H,2-3,6H2,1H3,(H,13,14)/b5-4-. The molecule has 1 aromatic heterocycles. The number of aryl methyl sites for hydroxylation is 1. The van der Waals surface area contributed by atoms with Crippen molar-refractivity contribution in [2.45, 2.75) is 26.3 Å². The molecule has 1 heterocycles. The molecule has 0 aliphatic carbocycles. The number of hydrogen-bond acceptors (Lipinski definition) is 2. The summed E-state index contributed by atoms with van der Waals surface area (Å²) in [5.41, 5.74) is 0.684. The topological polar surface area (TPSA) is 55.1 Å². The summed E-state index contributed by atoms with van der Waals surface area (Å²) >= 11 is 0. The lowest BCUT2D eigenvalue weighted by molar-refractivity contribution is -0.131. The summed E-state index contributed by atoms with van der Waals surface area (Å²) in [5, 5.41) is 8.40. The van der Waals surface area contributed by atoms with Crippen LogP contribution in [0.1, 0.15) is 25.5 Å². The summed E-state index contributed by atoms with van der Waals surface area (Å²) in [6.07, 6.45) is 8.39. The van der Waals surface area contributed by atoms with E-state index < -0.39 is 5.97 Å². The molecule has 0 radical (unpaired) electrons. The molecule has 1 rings (SSSR count). The largest absolute Gasteiger partial charge is 0.478 e. The van der Waals surface area contributed by atoms with Crippen molar-refractivity contribution >= 4 is 12.0 Å². The minimum Gasteiger partial charge on any atom is -0.478 e. The van der Waals surface area contributed by atoms with Crippen molar-refractivity contribution in [2.75, 3.05) is 0 Å². The predicted molar refractivity (Wildman–Crippen MR) is 53.8 cm³/mol. The van der Waals surface area contributed by atoms with E-state index in [4.69, 9.17) is 5.11 Å². The molecule has 0 fully saturated rings.